The summed E-state index contributed by atoms with van der Waals surface area (Å²) in [5, 5.41) is 14.6. The highest BCUT2D eigenvalue weighted by atomic mass is 35.5. The van der Waals surface area contributed by atoms with Gasteiger partial charge in [-0.3, -0.25) is 9.48 Å². The van der Waals surface area contributed by atoms with Crippen LogP contribution in [0.3, 0.4) is 0 Å². The predicted octanol–water partition coefficient (Wildman–Crippen LogP) is 0.579. The number of amides is 1. The van der Waals surface area contributed by atoms with Crippen LogP contribution in [0.15, 0.2) is 0 Å². The van der Waals surface area contributed by atoms with Crippen molar-refractivity contribution in [3.05, 3.63) is 16.4 Å². The first kappa shape index (κ1) is 13.9. The van der Waals surface area contributed by atoms with Crippen LogP contribution in [0.5, 0.6) is 0 Å². The maximum absolute atomic E-state index is 12.4. The van der Waals surface area contributed by atoms with Crippen molar-refractivity contribution < 1.29 is 9.90 Å². The number of carbonyl (C=O) groups is 1. The predicted molar refractivity (Wildman–Crippen MR) is 74.7 cm³/mol. The molecule has 0 radical (unpaired) electrons. The van der Waals surface area contributed by atoms with Gasteiger partial charge in [0.15, 0.2) is 5.69 Å². The third-order valence-electron chi connectivity index (χ3n) is 3.88. The van der Waals surface area contributed by atoms with Gasteiger partial charge in [0.1, 0.15) is 0 Å². The number of hydrogen-bond donors (Lipinski definition) is 1. The molecular formula is C13H19ClN4O2. The molecule has 0 aromatic carbocycles. The Balaban J connectivity index is 1.85. The summed E-state index contributed by atoms with van der Waals surface area (Å²) in [6.45, 7) is 4.88. The highest BCUT2D eigenvalue weighted by Gasteiger charge is 2.41. The molecule has 2 aliphatic heterocycles. The number of aliphatic hydroxyl groups is 1. The maximum Gasteiger partial charge on any atom is 0.276 e. The number of halogens is 1. The smallest absolute Gasteiger partial charge is 0.276 e. The van der Waals surface area contributed by atoms with Gasteiger partial charge >= 0.3 is 0 Å². The molecule has 1 saturated heterocycles. The van der Waals surface area contributed by atoms with Gasteiger partial charge in [0.05, 0.1) is 29.4 Å². The fraction of sp³-hybridized carbons (Fsp3) is 0.692. The van der Waals surface area contributed by atoms with Crippen LogP contribution < -0.4 is 0 Å². The molecule has 1 N–H and O–H groups in total. The fourth-order valence-electron chi connectivity index (χ4n) is 2.84. The van der Waals surface area contributed by atoms with Gasteiger partial charge in [-0.05, 0) is 20.4 Å². The first-order chi connectivity index (χ1) is 9.37. The third kappa shape index (κ3) is 2.32. The van der Waals surface area contributed by atoms with E-state index in [1.54, 1.807) is 11.8 Å². The second-order valence-electron chi connectivity index (χ2n) is 6.08. The maximum atomic E-state index is 12.4. The highest BCUT2D eigenvalue weighted by Crippen LogP contribution is 2.28. The van der Waals surface area contributed by atoms with Crippen LogP contribution in [0.2, 0.25) is 5.02 Å². The molecule has 3 heterocycles. The van der Waals surface area contributed by atoms with E-state index in [2.05, 4.69) is 10.00 Å². The Morgan fingerprint density at radius 1 is 1.40 bits per heavy atom. The minimum Gasteiger partial charge on any atom is -0.386 e. The zero-order chi connectivity index (χ0) is 14.5. The molecule has 0 bridgehead atoms. The SMILES string of the molecule is CN1CCCn2nc(C(=O)N3CC(C)(O)C3)c(Cl)c2C1. The Morgan fingerprint density at radius 3 is 2.75 bits per heavy atom. The monoisotopic (exact) mass is 298 g/mol. The molecule has 1 aromatic heterocycles. The molecule has 1 aromatic rings. The lowest BCUT2D eigenvalue weighted by Crippen LogP contribution is -2.61. The van der Waals surface area contributed by atoms with Crippen LogP contribution in [0.25, 0.3) is 0 Å². The van der Waals surface area contributed by atoms with E-state index in [0.717, 1.165) is 25.2 Å². The van der Waals surface area contributed by atoms with Crippen LogP contribution in [-0.4, -0.2) is 62.9 Å². The Morgan fingerprint density at radius 2 is 2.10 bits per heavy atom. The first-order valence-corrected chi connectivity index (χ1v) is 7.20. The van der Waals surface area contributed by atoms with E-state index in [0.29, 0.717) is 30.4 Å². The number of carbonyl (C=O) groups excluding carboxylic acids is 1. The molecule has 0 atom stereocenters. The highest BCUT2D eigenvalue weighted by molar-refractivity contribution is 6.34. The van der Waals surface area contributed by atoms with E-state index in [1.807, 2.05) is 11.7 Å². The van der Waals surface area contributed by atoms with Gasteiger partial charge in [-0.15, -0.1) is 0 Å². The number of likely N-dealkylation sites (tertiary alicyclic amines) is 1. The summed E-state index contributed by atoms with van der Waals surface area (Å²) in [5.41, 5.74) is 0.439. The van der Waals surface area contributed by atoms with Gasteiger partial charge in [-0.2, -0.15) is 5.10 Å². The van der Waals surface area contributed by atoms with Crippen molar-refractivity contribution in [1.29, 1.82) is 0 Å². The van der Waals surface area contributed by atoms with E-state index in [1.165, 1.54) is 0 Å². The molecule has 2 aliphatic rings. The van der Waals surface area contributed by atoms with E-state index < -0.39 is 5.60 Å². The molecule has 0 spiro atoms. The molecule has 6 nitrogen and oxygen atoms in total. The van der Waals surface area contributed by atoms with Gasteiger partial charge in [-0.25, -0.2) is 0 Å². The summed E-state index contributed by atoms with van der Waals surface area (Å²) < 4.78 is 1.84. The minimum absolute atomic E-state index is 0.190. The van der Waals surface area contributed by atoms with Crippen molar-refractivity contribution in [3.63, 3.8) is 0 Å². The average molecular weight is 299 g/mol. The summed E-state index contributed by atoms with van der Waals surface area (Å²) >= 11 is 6.35. The van der Waals surface area contributed by atoms with Crippen LogP contribution in [0.1, 0.15) is 29.5 Å². The van der Waals surface area contributed by atoms with E-state index in [4.69, 9.17) is 11.6 Å². The quantitative estimate of drug-likeness (QED) is 0.824. The van der Waals surface area contributed by atoms with E-state index >= 15 is 0 Å². The lowest BCUT2D eigenvalue weighted by atomic mass is 9.96. The number of fused-ring (bicyclic) bond motifs is 1. The molecule has 0 aliphatic carbocycles. The van der Waals surface area contributed by atoms with E-state index in [-0.39, 0.29) is 5.91 Å². The second-order valence-corrected chi connectivity index (χ2v) is 6.46. The normalized spacial score (nSPS) is 22.1. The lowest BCUT2D eigenvalue weighted by molar-refractivity contribution is -0.0670. The zero-order valence-electron chi connectivity index (χ0n) is 11.8. The number of β-amino-alcohol motifs (C(OH)–C–C–N with tert-alkyl or cyclic N) is 1. The summed E-state index contributed by atoms with van der Waals surface area (Å²) in [6.07, 6.45) is 0.994. The number of hydrogen-bond acceptors (Lipinski definition) is 4. The van der Waals surface area contributed by atoms with Gasteiger partial charge in [-0.1, -0.05) is 11.6 Å². The van der Waals surface area contributed by atoms with Crippen LogP contribution in [0, 0.1) is 0 Å². The van der Waals surface area contributed by atoms with Crippen molar-refractivity contribution in [2.45, 2.75) is 32.0 Å². The molecule has 7 heteroatoms. The van der Waals surface area contributed by atoms with Gasteiger partial charge in [0, 0.05) is 19.6 Å². The summed E-state index contributed by atoms with van der Waals surface area (Å²) in [5.74, 6) is -0.190. The molecule has 3 rings (SSSR count). The van der Waals surface area contributed by atoms with Crippen molar-refractivity contribution in [2.24, 2.45) is 0 Å². The Labute approximate surface area is 122 Å². The van der Waals surface area contributed by atoms with Gasteiger partial charge in [0.2, 0.25) is 0 Å². The zero-order valence-corrected chi connectivity index (χ0v) is 12.5. The average Bonchev–Trinajstić information content (AvgIpc) is 2.54. The van der Waals surface area contributed by atoms with Crippen molar-refractivity contribution in [3.8, 4) is 0 Å². The molecular weight excluding hydrogens is 280 g/mol. The van der Waals surface area contributed by atoms with Gasteiger partial charge in [0.25, 0.3) is 5.91 Å². The lowest BCUT2D eigenvalue weighted by Gasteiger charge is -2.43. The molecule has 1 fully saturated rings. The van der Waals surface area contributed by atoms with Crippen molar-refractivity contribution in [2.75, 3.05) is 26.7 Å². The second kappa shape index (κ2) is 4.72. The van der Waals surface area contributed by atoms with Crippen LogP contribution in [0.4, 0.5) is 0 Å². The molecule has 0 saturated carbocycles. The Kier molecular flexibility index (Phi) is 3.27. The van der Waals surface area contributed by atoms with Crippen molar-refractivity contribution >= 4 is 17.5 Å². The summed E-state index contributed by atoms with van der Waals surface area (Å²) in [7, 11) is 2.03. The van der Waals surface area contributed by atoms with Gasteiger partial charge < -0.3 is 14.9 Å². The number of nitrogens with zero attached hydrogens (tertiary/aromatic N) is 4. The fourth-order valence-corrected chi connectivity index (χ4v) is 3.12. The molecule has 0 unspecified atom stereocenters. The van der Waals surface area contributed by atoms with E-state index in [9.17, 15) is 9.90 Å². The number of aromatic nitrogens is 2. The number of rotatable bonds is 1. The molecule has 20 heavy (non-hydrogen) atoms. The third-order valence-corrected chi connectivity index (χ3v) is 4.27. The topological polar surface area (TPSA) is 61.6 Å². The Hall–Kier alpha value is -1.11. The van der Waals surface area contributed by atoms with Crippen molar-refractivity contribution in [1.82, 2.24) is 19.6 Å². The minimum atomic E-state index is -0.779. The molecule has 110 valence electrons. The number of aryl methyl sites for hydroxylation is 1. The summed E-state index contributed by atoms with van der Waals surface area (Å²) in [4.78, 5) is 16.1. The van der Waals surface area contributed by atoms with Crippen LogP contribution >= 0.6 is 11.6 Å². The first-order valence-electron chi connectivity index (χ1n) is 6.83. The molecule has 1 amide bonds. The van der Waals surface area contributed by atoms with Crippen LogP contribution in [-0.2, 0) is 13.1 Å². The standard InChI is InChI=1S/C13H19ClN4O2/c1-13(20)7-17(8-13)12(19)11-10(14)9-6-16(2)4-3-5-18(9)15-11/h20H,3-8H2,1-2H3. The largest absolute Gasteiger partial charge is 0.386 e. The Bertz CT molecular complexity index is 547. The summed E-state index contributed by atoms with van der Waals surface area (Å²) in [6, 6.07) is 0.